The zero-order valence-corrected chi connectivity index (χ0v) is 17.1. The molecule has 1 aliphatic carbocycles. The van der Waals surface area contributed by atoms with Crippen molar-refractivity contribution in [2.45, 2.75) is 45.3 Å². The molecular weight excluding hydrogens is 374 g/mol. The van der Waals surface area contributed by atoms with Gasteiger partial charge in [0.2, 0.25) is 0 Å². The molecule has 150 valence electrons. The molecule has 2 N–H and O–H groups in total. The van der Waals surface area contributed by atoms with Crippen molar-refractivity contribution in [3.05, 3.63) is 65.7 Å². The average molecular weight is 402 g/mol. The van der Waals surface area contributed by atoms with Gasteiger partial charge in [-0.2, -0.15) is 13.1 Å². The molecule has 0 aromatic heterocycles. The third-order valence-electron chi connectivity index (χ3n) is 4.66. The zero-order chi connectivity index (χ0) is 20.1. The van der Waals surface area contributed by atoms with E-state index in [0.29, 0.717) is 24.3 Å². The molecule has 3 rings (SSSR count). The number of carbonyl (C=O) groups excluding carboxylic acids is 1. The predicted octanol–water partition coefficient (Wildman–Crippen LogP) is 3.19. The molecule has 2 aromatic carbocycles. The largest absolute Gasteiger partial charge is 0.299 e. The van der Waals surface area contributed by atoms with E-state index in [9.17, 15) is 13.2 Å². The molecule has 28 heavy (non-hydrogen) atoms. The summed E-state index contributed by atoms with van der Waals surface area (Å²) in [5.41, 5.74) is 2.17. The molecule has 1 fully saturated rings. The van der Waals surface area contributed by atoms with Gasteiger partial charge in [-0.3, -0.25) is 14.4 Å². The Morgan fingerprint density at radius 1 is 1.07 bits per heavy atom. The highest BCUT2D eigenvalue weighted by atomic mass is 32.2. The summed E-state index contributed by atoms with van der Waals surface area (Å²) in [6, 6.07) is 16.9. The Labute approximate surface area is 167 Å². The van der Waals surface area contributed by atoms with Gasteiger partial charge in [-0.15, -0.1) is 0 Å². The maximum Gasteiger partial charge on any atom is 0.299 e. The van der Waals surface area contributed by atoms with Crippen molar-refractivity contribution in [2.75, 3.05) is 11.3 Å². The summed E-state index contributed by atoms with van der Waals surface area (Å²) in [5, 5.41) is 0. The first-order valence-electron chi connectivity index (χ1n) is 9.54. The van der Waals surface area contributed by atoms with Crippen LogP contribution in [0.3, 0.4) is 0 Å². The molecule has 0 spiro atoms. The van der Waals surface area contributed by atoms with Crippen molar-refractivity contribution < 1.29 is 13.2 Å². The van der Waals surface area contributed by atoms with Crippen LogP contribution < -0.4 is 9.44 Å². The first-order valence-corrected chi connectivity index (χ1v) is 11.0. The maximum atomic E-state index is 12.7. The number of rotatable bonds is 10. The minimum Gasteiger partial charge on any atom is -0.293 e. The molecule has 6 nitrogen and oxygen atoms in total. The molecule has 0 amide bonds. The van der Waals surface area contributed by atoms with Crippen molar-refractivity contribution in [1.82, 2.24) is 9.62 Å². The van der Waals surface area contributed by atoms with Crippen LogP contribution in [0.1, 0.15) is 42.6 Å². The van der Waals surface area contributed by atoms with E-state index in [0.717, 1.165) is 18.4 Å². The smallest absolute Gasteiger partial charge is 0.293 e. The van der Waals surface area contributed by atoms with Gasteiger partial charge >= 0.3 is 0 Å². The summed E-state index contributed by atoms with van der Waals surface area (Å²) in [5.74, 6) is 0.00939. The van der Waals surface area contributed by atoms with Gasteiger partial charge in [-0.25, -0.2) is 0 Å². The van der Waals surface area contributed by atoms with Gasteiger partial charge in [-0.1, -0.05) is 30.3 Å². The zero-order valence-electron chi connectivity index (χ0n) is 16.3. The van der Waals surface area contributed by atoms with Gasteiger partial charge in [0, 0.05) is 29.9 Å². The lowest BCUT2D eigenvalue weighted by Gasteiger charge is -2.25. The highest BCUT2D eigenvalue weighted by molar-refractivity contribution is 7.90. The fourth-order valence-electron chi connectivity index (χ4n) is 2.84. The summed E-state index contributed by atoms with van der Waals surface area (Å²) >= 11 is 0. The molecule has 0 bridgehead atoms. The Balaban J connectivity index is 1.61. The van der Waals surface area contributed by atoms with Crippen LogP contribution in [0.5, 0.6) is 0 Å². The lowest BCUT2D eigenvalue weighted by Crippen LogP contribution is -2.35. The lowest BCUT2D eigenvalue weighted by molar-refractivity contribution is 0.0898. The maximum absolute atomic E-state index is 12.7. The topological polar surface area (TPSA) is 78.5 Å². The first kappa shape index (κ1) is 20.5. The van der Waals surface area contributed by atoms with Crippen molar-refractivity contribution in [2.24, 2.45) is 0 Å². The van der Waals surface area contributed by atoms with Crippen molar-refractivity contribution in [1.29, 1.82) is 0 Å². The van der Waals surface area contributed by atoms with E-state index >= 15 is 0 Å². The number of hydrogen-bond donors (Lipinski definition) is 2. The quantitative estimate of drug-likeness (QED) is 0.600. The summed E-state index contributed by atoms with van der Waals surface area (Å²) in [4.78, 5) is 14.8. The Kier molecular flexibility index (Phi) is 6.49. The molecule has 7 heteroatoms. The van der Waals surface area contributed by atoms with Gasteiger partial charge in [0.1, 0.15) is 0 Å². The summed E-state index contributed by atoms with van der Waals surface area (Å²) in [7, 11) is -3.56. The molecule has 0 atom stereocenters. The normalized spacial score (nSPS) is 14.4. The number of nitrogens with zero attached hydrogens (tertiary/aromatic N) is 1. The molecule has 2 aromatic rings. The molecule has 1 saturated carbocycles. The number of nitrogens with one attached hydrogen (secondary N) is 2. The number of Topliss-reactive ketones (excluding diaryl/α,β-unsaturated/α-hetero) is 1. The highest BCUT2D eigenvalue weighted by Gasteiger charge is 2.26. The Morgan fingerprint density at radius 3 is 2.29 bits per heavy atom. The van der Waals surface area contributed by atoms with E-state index in [-0.39, 0.29) is 17.9 Å². The van der Waals surface area contributed by atoms with Crippen LogP contribution in [0.15, 0.2) is 54.6 Å². The van der Waals surface area contributed by atoms with Gasteiger partial charge in [-0.05, 0) is 56.5 Å². The number of anilines is 1. The monoisotopic (exact) mass is 401 g/mol. The number of benzene rings is 2. The lowest BCUT2D eigenvalue weighted by atomic mass is 10.1. The van der Waals surface area contributed by atoms with E-state index in [2.05, 4.69) is 40.3 Å². The van der Waals surface area contributed by atoms with E-state index < -0.39 is 10.2 Å². The first-order chi connectivity index (χ1) is 13.3. The van der Waals surface area contributed by atoms with E-state index in [1.165, 1.54) is 0 Å². The molecule has 0 radical (unpaired) electrons. The third-order valence-corrected chi connectivity index (χ3v) is 5.81. The Bertz CT molecular complexity index is 892. The second kappa shape index (κ2) is 8.86. The van der Waals surface area contributed by atoms with Crippen LogP contribution >= 0.6 is 0 Å². The van der Waals surface area contributed by atoms with Gasteiger partial charge in [0.25, 0.3) is 10.2 Å². The fourth-order valence-corrected chi connectivity index (χ4v) is 4.02. The van der Waals surface area contributed by atoms with Gasteiger partial charge < -0.3 is 0 Å². The van der Waals surface area contributed by atoms with Crippen LogP contribution in [-0.4, -0.2) is 37.7 Å². The van der Waals surface area contributed by atoms with Crippen LogP contribution in [0, 0.1) is 0 Å². The SMILES string of the molecule is CC(C)N(CC(=O)c1ccc(NS(=O)(=O)NC2CC2)cc1)Cc1ccccc1. The van der Waals surface area contributed by atoms with Gasteiger partial charge in [0.05, 0.1) is 6.54 Å². The Morgan fingerprint density at radius 2 is 1.71 bits per heavy atom. The molecule has 0 heterocycles. The summed E-state index contributed by atoms with van der Waals surface area (Å²) in [6.07, 6.45) is 1.76. The van der Waals surface area contributed by atoms with Crippen molar-refractivity contribution in [3.63, 3.8) is 0 Å². The van der Waals surface area contributed by atoms with Crippen LogP contribution in [0.2, 0.25) is 0 Å². The van der Waals surface area contributed by atoms with Crippen LogP contribution in [0.4, 0.5) is 5.69 Å². The Hall–Kier alpha value is -2.22. The third kappa shape index (κ3) is 6.15. The van der Waals surface area contributed by atoms with E-state index in [1.807, 2.05) is 18.2 Å². The standard InChI is InChI=1S/C21H27N3O3S/c1-16(2)24(14-17-6-4-3-5-7-17)15-21(25)18-8-10-19(11-9-18)22-28(26,27)23-20-12-13-20/h3-11,16,20,22-23H,12-15H2,1-2H3. The number of carbonyl (C=O) groups is 1. The average Bonchev–Trinajstić information content (AvgIpc) is 3.45. The molecule has 1 aliphatic rings. The second-order valence-corrected chi connectivity index (χ2v) is 8.93. The fraction of sp³-hybridized carbons (Fsp3) is 0.381. The second-order valence-electron chi connectivity index (χ2n) is 7.48. The molecular formula is C21H27N3O3S. The summed E-state index contributed by atoms with van der Waals surface area (Å²) in [6.45, 7) is 5.15. The minimum absolute atomic E-state index is 0.00939. The number of hydrogen-bond acceptors (Lipinski definition) is 4. The van der Waals surface area contributed by atoms with E-state index in [1.54, 1.807) is 24.3 Å². The van der Waals surface area contributed by atoms with Crippen LogP contribution in [-0.2, 0) is 16.8 Å². The van der Waals surface area contributed by atoms with E-state index in [4.69, 9.17) is 0 Å². The summed E-state index contributed by atoms with van der Waals surface area (Å²) < 4.78 is 29.0. The van der Waals surface area contributed by atoms with Gasteiger partial charge in [0.15, 0.2) is 5.78 Å². The predicted molar refractivity (Wildman–Crippen MR) is 111 cm³/mol. The van der Waals surface area contributed by atoms with Crippen molar-refractivity contribution in [3.8, 4) is 0 Å². The van der Waals surface area contributed by atoms with Crippen LogP contribution in [0.25, 0.3) is 0 Å². The molecule has 0 saturated heterocycles. The highest BCUT2D eigenvalue weighted by Crippen LogP contribution is 2.20. The molecule has 0 aliphatic heterocycles. The van der Waals surface area contributed by atoms with Crippen molar-refractivity contribution >= 4 is 21.7 Å². The number of ketones is 1. The minimum atomic E-state index is -3.56. The molecule has 0 unspecified atom stereocenters.